The van der Waals surface area contributed by atoms with Crippen LogP contribution in [0.25, 0.3) is 0 Å². The molecular formula is C8H15NO. The molecule has 0 radical (unpaired) electrons. The number of nitrogens with zero attached hydrogens (tertiary/aromatic N) is 1. The fourth-order valence-electron chi connectivity index (χ4n) is 2.33. The van der Waals surface area contributed by atoms with E-state index < -0.39 is 0 Å². The van der Waals surface area contributed by atoms with Gasteiger partial charge in [-0.2, -0.15) is 0 Å². The van der Waals surface area contributed by atoms with E-state index in [1.165, 1.54) is 25.8 Å². The molecule has 58 valence electrons. The molecule has 2 heterocycles. The molecule has 2 aliphatic heterocycles. The van der Waals surface area contributed by atoms with Gasteiger partial charge >= 0.3 is 0 Å². The minimum absolute atomic E-state index is 0.396. The molecule has 0 unspecified atom stereocenters. The fraction of sp³-hybridized carbons (Fsp3) is 1.00. The monoisotopic (exact) mass is 141 g/mol. The molecular weight excluding hydrogens is 126 g/mol. The molecule has 0 aromatic heterocycles. The van der Waals surface area contributed by atoms with E-state index in [1.807, 2.05) is 0 Å². The zero-order chi connectivity index (χ0) is 6.97. The van der Waals surface area contributed by atoms with Gasteiger partial charge in [0.1, 0.15) is 0 Å². The summed E-state index contributed by atoms with van der Waals surface area (Å²) in [5.74, 6) is 0.588. The Balaban J connectivity index is 1.94. The summed E-state index contributed by atoms with van der Waals surface area (Å²) in [7, 11) is 0. The summed E-state index contributed by atoms with van der Waals surface area (Å²) in [5, 5.41) is 8.89. The Morgan fingerprint density at radius 1 is 1.50 bits per heavy atom. The third-order valence-corrected chi connectivity index (χ3v) is 2.86. The lowest BCUT2D eigenvalue weighted by atomic mass is 10.0. The van der Waals surface area contributed by atoms with Crippen LogP contribution < -0.4 is 0 Å². The Kier molecular flexibility index (Phi) is 1.66. The normalized spacial score (nSPS) is 40.5. The van der Waals surface area contributed by atoms with Crippen LogP contribution in [-0.2, 0) is 0 Å². The Morgan fingerprint density at radius 3 is 3.10 bits per heavy atom. The van der Waals surface area contributed by atoms with Crippen molar-refractivity contribution in [2.24, 2.45) is 5.92 Å². The van der Waals surface area contributed by atoms with Crippen LogP contribution in [0, 0.1) is 5.92 Å². The summed E-state index contributed by atoms with van der Waals surface area (Å²) in [6.45, 7) is 2.83. The molecule has 2 fully saturated rings. The van der Waals surface area contributed by atoms with Gasteiger partial charge in [0.15, 0.2) is 0 Å². The van der Waals surface area contributed by atoms with E-state index in [1.54, 1.807) is 0 Å². The highest BCUT2D eigenvalue weighted by Gasteiger charge is 2.34. The lowest BCUT2D eigenvalue weighted by Gasteiger charge is -2.12. The third kappa shape index (κ3) is 0.956. The van der Waals surface area contributed by atoms with E-state index in [0.717, 1.165) is 12.6 Å². The van der Waals surface area contributed by atoms with Gasteiger partial charge in [-0.05, 0) is 31.7 Å². The van der Waals surface area contributed by atoms with Crippen molar-refractivity contribution in [3.05, 3.63) is 0 Å². The van der Waals surface area contributed by atoms with Crippen LogP contribution in [0.15, 0.2) is 0 Å². The molecule has 0 saturated carbocycles. The first-order chi connectivity index (χ1) is 4.90. The van der Waals surface area contributed by atoms with Crippen molar-refractivity contribution in [2.45, 2.75) is 25.3 Å². The summed E-state index contributed by atoms with van der Waals surface area (Å²) in [5.41, 5.74) is 0. The summed E-state index contributed by atoms with van der Waals surface area (Å²) in [4.78, 5) is 2.53. The first kappa shape index (κ1) is 6.62. The maximum Gasteiger partial charge on any atom is 0.0472 e. The summed E-state index contributed by atoms with van der Waals surface area (Å²) in [6.07, 6.45) is 4.00. The zero-order valence-corrected chi connectivity index (χ0v) is 6.29. The topological polar surface area (TPSA) is 23.5 Å². The van der Waals surface area contributed by atoms with E-state index in [4.69, 9.17) is 5.11 Å². The van der Waals surface area contributed by atoms with Crippen LogP contribution in [0.2, 0.25) is 0 Å². The second-order valence-corrected chi connectivity index (χ2v) is 3.58. The second kappa shape index (κ2) is 2.51. The minimum Gasteiger partial charge on any atom is -0.396 e. The molecule has 0 spiro atoms. The zero-order valence-electron chi connectivity index (χ0n) is 6.29. The van der Waals surface area contributed by atoms with Crippen molar-refractivity contribution in [1.82, 2.24) is 4.90 Å². The van der Waals surface area contributed by atoms with Crippen molar-refractivity contribution in [3.63, 3.8) is 0 Å². The van der Waals surface area contributed by atoms with E-state index in [9.17, 15) is 0 Å². The highest BCUT2D eigenvalue weighted by Crippen LogP contribution is 2.30. The van der Waals surface area contributed by atoms with Crippen molar-refractivity contribution < 1.29 is 5.11 Å². The summed E-state index contributed by atoms with van der Waals surface area (Å²) >= 11 is 0. The predicted octanol–water partition coefficient (Wildman–Crippen LogP) is 0.463. The lowest BCUT2D eigenvalue weighted by Crippen LogP contribution is -2.22. The van der Waals surface area contributed by atoms with Gasteiger partial charge in [0.25, 0.3) is 0 Å². The van der Waals surface area contributed by atoms with E-state index in [-0.39, 0.29) is 0 Å². The molecule has 10 heavy (non-hydrogen) atoms. The van der Waals surface area contributed by atoms with Crippen LogP contribution in [0.4, 0.5) is 0 Å². The first-order valence-corrected chi connectivity index (χ1v) is 4.25. The smallest absolute Gasteiger partial charge is 0.0472 e. The number of hydrogen-bond acceptors (Lipinski definition) is 2. The third-order valence-electron chi connectivity index (χ3n) is 2.86. The number of fused-ring (bicyclic) bond motifs is 1. The lowest BCUT2D eigenvalue weighted by molar-refractivity contribution is 0.223. The minimum atomic E-state index is 0.396. The Hall–Kier alpha value is -0.0800. The molecule has 2 aliphatic rings. The number of hydrogen-bond donors (Lipinski definition) is 1. The van der Waals surface area contributed by atoms with Gasteiger partial charge in [-0.1, -0.05) is 0 Å². The van der Waals surface area contributed by atoms with Crippen molar-refractivity contribution >= 4 is 0 Å². The number of rotatable bonds is 1. The van der Waals surface area contributed by atoms with Crippen LogP contribution in [0.5, 0.6) is 0 Å². The van der Waals surface area contributed by atoms with Gasteiger partial charge in [0, 0.05) is 19.2 Å². The molecule has 0 aromatic carbocycles. The van der Waals surface area contributed by atoms with Gasteiger partial charge < -0.3 is 10.0 Å². The molecule has 2 nitrogen and oxygen atoms in total. The molecule has 2 atom stereocenters. The SMILES string of the molecule is OC[C@@H]1C[C@@H]2CCCN2C1. The standard InChI is InChI=1S/C8H15NO/c10-6-7-4-8-2-1-3-9(8)5-7/h7-8,10H,1-6H2/t7-,8+/m1/s1. The maximum absolute atomic E-state index is 8.89. The highest BCUT2D eigenvalue weighted by molar-refractivity contribution is 4.88. The molecule has 0 amide bonds. The Morgan fingerprint density at radius 2 is 2.40 bits per heavy atom. The van der Waals surface area contributed by atoms with Crippen molar-refractivity contribution in [3.8, 4) is 0 Å². The fourth-order valence-corrected chi connectivity index (χ4v) is 2.33. The van der Waals surface area contributed by atoms with Crippen LogP contribution in [0.3, 0.4) is 0 Å². The molecule has 0 bridgehead atoms. The van der Waals surface area contributed by atoms with E-state index in [0.29, 0.717) is 12.5 Å². The maximum atomic E-state index is 8.89. The molecule has 2 saturated heterocycles. The molecule has 0 aliphatic carbocycles. The molecule has 2 rings (SSSR count). The predicted molar refractivity (Wildman–Crippen MR) is 39.8 cm³/mol. The summed E-state index contributed by atoms with van der Waals surface area (Å²) in [6, 6.07) is 0.831. The average molecular weight is 141 g/mol. The molecule has 2 heteroatoms. The Bertz CT molecular complexity index is 114. The van der Waals surface area contributed by atoms with Gasteiger partial charge in [-0.25, -0.2) is 0 Å². The first-order valence-electron chi connectivity index (χ1n) is 4.25. The quantitative estimate of drug-likeness (QED) is 0.573. The summed E-state index contributed by atoms with van der Waals surface area (Å²) < 4.78 is 0. The number of aliphatic hydroxyl groups excluding tert-OH is 1. The Labute approximate surface area is 61.8 Å². The van der Waals surface area contributed by atoms with Gasteiger partial charge in [0.05, 0.1) is 0 Å². The van der Waals surface area contributed by atoms with Gasteiger partial charge in [-0.15, -0.1) is 0 Å². The molecule has 1 N–H and O–H groups in total. The van der Waals surface area contributed by atoms with Gasteiger partial charge in [0.2, 0.25) is 0 Å². The average Bonchev–Trinajstić information content (AvgIpc) is 2.42. The van der Waals surface area contributed by atoms with Crippen LogP contribution in [-0.4, -0.2) is 35.7 Å². The van der Waals surface area contributed by atoms with E-state index in [2.05, 4.69) is 4.90 Å². The largest absolute Gasteiger partial charge is 0.396 e. The van der Waals surface area contributed by atoms with Gasteiger partial charge in [-0.3, -0.25) is 0 Å². The van der Waals surface area contributed by atoms with Crippen LogP contribution in [0.1, 0.15) is 19.3 Å². The van der Waals surface area contributed by atoms with Crippen molar-refractivity contribution in [1.29, 1.82) is 0 Å². The highest BCUT2D eigenvalue weighted by atomic mass is 16.3. The van der Waals surface area contributed by atoms with Crippen molar-refractivity contribution in [2.75, 3.05) is 19.7 Å². The van der Waals surface area contributed by atoms with Crippen LogP contribution >= 0.6 is 0 Å². The molecule has 0 aromatic rings. The number of aliphatic hydroxyl groups is 1. The second-order valence-electron chi connectivity index (χ2n) is 3.58. The van der Waals surface area contributed by atoms with E-state index >= 15 is 0 Å².